The Hall–Kier alpha value is -2.90. The van der Waals surface area contributed by atoms with Crippen LogP contribution in [0, 0.1) is 0 Å². The van der Waals surface area contributed by atoms with E-state index in [1.165, 1.54) is 0 Å². The minimum Gasteiger partial charge on any atom is -0.393 e. The zero-order valence-corrected chi connectivity index (χ0v) is 16.5. The minimum atomic E-state index is -0.369. The third-order valence-corrected chi connectivity index (χ3v) is 5.36. The summed E-state index contributed by atoms with van der Waals surface area (Å²) in [6.45, 7) is 4.99. The maximum absolute atomic E-state index is 13.1. The van der Waals surface area contributed by atoms with Crippen molar-refractivity contribution in [2.45, 2.75) is 25.5 Å². The van der Waals surface area contributed by atoms with Crippen molar-refractivity contribution >= 4 is 23.2 Å². The Labute approximate surface area is 172 Å². The molecule has 1 fully saturated rings. The lowest BCUT2D eigenvalue weighted by Crippen LogP contribution is -2.40. The highest BCUT2D eigenvalue weighted by atomic mass is 35.5. The summed E-state index contributed by atoms with van der Waals surface area (Å²) in [7, 11) is 0. The standard InChI is InChI=1S/C21H21ClN4O3/c1-2-8-26-18(14-4-3-5-15(22)11-14)13-25-12-17(23-19(25)21(26)29)20(28)24-9-6-16(27)7-10-24/h2-5,11-13,16,27H,1,6-10H2. The third-order valence-electron chi connectivity index (χ3n) is 5.12. The van der Waals surface area contributed by atoms with Crippen molar-refractivity contribution in [3.05, 3.63) is 70.4 Å². The highest BCUT2D eigenvalue weighted by Gasteiger charge is 2.25. The number of piperidine rings is 1. The van der Waals surface area contributed by atoms with Gasteiger partial charge in [0.05, 0.1) is 11.8 Å². The molecule has 4 rings (SSSR count). The molecule has 3 aromatic rings. The molecule has 0 unspecified atom stereocenters. The first-order valence-electron chi connectivity index (χ1n) is 9.44. The van der Waals surface area contributed by atoms with Gasteiger partial charge in [-0.15, -0.1) is 6.58 Å². The topological polar surface area (TPSA) is 79.8 Å². The summed E-state index contributed by atoms with van der Waals surface area (Å²) >= 11 is 6.13. The number of carbonyl (C=O) groups is 1. The van der Waals surface area contributed by atoms with Crippen molar-refractivity contribution in [1.82, 2.24) is 18.9 Å². The number of aliphatic hydroxyl groups is 1. The van der Waals surface area contributed by atoms with E-state index in [2.05, 4.69) is 11.6 Å². The Morgan fingerprint density at radius 3 is 2.76 bits per heavy atom. The molecule has 0 spiro atoms. The van der Waals surface area contributed by atoms with Crippen LogP contribution in [0.2, 0.25) is 5.02 Å². The molecule has 150 valence electrons. The molecule has 0 atom stereocenters. The van der Waals surface area contributed by atoms with Gasteiger partial charge in [0.25, 0.3) is 11.5 Å². The summed E-state index contributed by atoms with van der Waals surface area (Å²) in [6.07, 6.45) is 5.71. The number of imidazole rings is 1. The highest BCUT2D eigenvalue weighted by molar-refractivity contribution is 6.30. The predicted octanol–water partition coefficient (Wildman–Crippen LogP) is 2.60. The van der Waals surface area contributed by atoms with E-state index < -0.39 is 0 Å². The van der Waals surface area contributed by atoms with Crippen LogP contribution >= 0.6 is 11.6 Å². The lowest BCUT2D eigenvalue weighted by atomic mass is 10.1. The normalized spacial score (nSPS) is 15.0. The van der Waals surface area contributed by atoms with Gasteiger partial charge >= 0.3 is 0 Å². The van der Waals surface area contributed by atoms with Crippen LogP contribution in [-0.4, -0.2) is 49.1 Å². The molecule has 8 heteroatoms. The number of nitrogens with zero attached hydrogens (tertiary/aromatic N) is 4. The van der Waals surface area contributed by atoms with Crippen molar-refractivity contribution in [2.75, 3.05) is 13.1 Å². The molecule has 3 heterocycles. The zero-order chi connectivity index (χ0) is 20.5. The Morgan fingerprint density at radius 1 is 1.31 bits per heavy atom. The first-order chi connectivity index (χ1) is 14.0. The molecule has 1 amide bonds. The molecule has 0 radical (unpaired) electrons. The average molecular weight is 413 g/mol. The van der Waals surface area contributed by atoms with Crippen LogP contribution in [0.1, 0.15) is 23.3 Å². The second kappa shape index (κ2) is 7.85. The fourth-order valence-corrected chi connectivity index (χ4v) is 3.79. The van der Waals surface area contributed by atoms with Crippen LogP contribution in [0.3, 0.4) is 0 Å². The van der Waals surface area contributed by atoms with Gasteiger partial charge in [-0.05, 0) is 25.0 Å². The number of fused-ring (bicyclic) bond motifs is 1. The number of carbonyl (C=O) groups excluding carboxylic acids is 1. The molecule has 0 saturated carbocycles. The van der Waals surface area contributed by atoms with Crippen molar-refractivity contribution in [3.63, 3.8) is 0 Å². The Bertz CT molecular complexity index is 1140. The van der Waals surface area contributed by atoms with E-state index in [4.69, 9.17) is 11.6 Å². The summed E-state index contributed by atoms with van der Waals surface area (Å²) in [4.78, 5) is 31.9. The van der Waals surface area contributed by atoms with Crippen molar-refractivity contribution in [3.8, 4) is 11.3 Å². The smallest absolute Gasteiger partial charge is 0.295 e. The van der Waals surface area contributed by atoms with Crippen LogP contribution < -0.4 is 5.56 Å². The van der Waals surface area contributed by atoms with Crippen LogP contribution in [0.25, 0.3) is 16.9 Å². The molecule has 1 aromatic carbocycles. The van der Waals surface area contributed by atoms with E-state index in [1.807, 2.05) is 12.1 Å². The zero-order valence-electron chi connectivity index (χ0n) is 15.8. The predicted molar refractivity (Wildman–Crippen MR) is 111 cm³/mol. The van der Waals surface area contributed by atoms with Gasteiger partial charge in [-0.1, -0.05) is 29.8 Å². The lowest BCUT2D eigenvalue weighted by Gasteiger charge is -2.28. The first-order valence-corrected chi connectivity index (χ1v) is 9.82. The summed E-state index contributed by atoms with van der Waals surface area (Å²) in [5, 5.41) is 10.2. The molecule has 1 aliphatic rings. The molecular formula is C21H21ClN4O3. The van der Waals surface area contributed by atoms with Crippen LogP contribution in [0.4, 0.5) is 0 Å². The second-order valence-corrected chi connectivity index (χ2v) is 7.55. The van der Waals surface area contributed by atoms with Crippen LogP contribution in [0.15, 0.2) is 54.1 Å². The number of amides is 1. The number of hydrogen-bond donors (Lipinski definition) is 1. The molecule has 1 N–H and O–H groups in total. The highest BCUT2D eigenvalue weighted by Crippen LogP contribution is 2.23. The fourth-order valence-electron chi connectivity index (χ4n) is 3.60. The Morgan fingerprint density at radius 2 is 2.07 bits per heavy atom. The molecule has 29 heavy (non-hydrogen) atoms. The largest absolute Gasteiger partial charge is 0.393 e. The van der Waals surface area contributed by atoms with E-state index in [1.54, 1.807) is 44.5 Å². The van der Waals surface area contributed by atoms with Gasteiger partial charge in [0.15, 0.2) is 0 Å². The summed E-state index contributed by atoms with van der Waals surface area (Å²) < 4.78 is 3.15. The number of aliphatic hydroxyl groups excluding tert-OH is 1. The van der Waals surface area contributed by atoms with Gasteiger partial charge < -0.3 is 10.0 Å². The number of benzene rings is 1. The van der Waals surface area contributed by atoms with E-state index >= 15 is 0 Å². The summed E-state index contributed by atoms with van der Waals surface area (Å²) in [5.41, 5.74) is 1.52. The van der Waals surface area contributed by atoms with Crippen molar-refractivity contribution in [1.29, 1.82) is 0 Å². The van der Waals surface area contributed by atoms with Crippen LogP contribution in [-0.2, 0) is 6.54 Å². The minimum absolute atomic E-state index is 0.179. The van der Waals surface area contributed by atoms with Gasteiger partial charge in [0.1, 0.15) is 5.69 Å². The third kappa shape index (κ3) is 3.71. The number of hydrogen-bond acceptors (Lipinski definition) is 4. The molecule has 0 aliphatic carbocycles. The number of halogens is 1. The molecule has 2 aromatic heterocycles. The van der Waals surface area contributed by atoms with Gasteiger partial charge in [-0.25, -0.2) is 4.98 Å². The van der Waals surface area contributed by atoms with Gasteiger partial charge in [0.2, 0.25) is 5.65 Å². The second-order valence-electron chi connectivity index (χ2n) is 7.11. The molecule has 7 nitrogen and oxygen atoms in total. The molecule has 1 saturated heterocycles. The molecule has 1 aliphatic heterocycles. The SMILES string of the molecule is C=CCn1c(-c2cccc(Cl)c2)cn2cc(C(=O)N3CCC(O)CC3)nc2c1=O. The van der Waals surface area contributed by atoms with Crippen molar-refractivity contribution < 1.29 is 9.90 Å². The van der Waals surface area contributed by atoms with E-state index in [9.17, 15) is 14.7 Å². The fraction of sp³-hybridized carbons (Fsp3) is 0.286. The van der Waals surface area contributed by atoms with Crippen LogP contribution in [0.5, 0.6) is 0 Å². The molecular weight excluding hydrogens is 392 g/mol. The first kappa shape index (κ1) is 19.4. The maximum atomic E-state index is 13.1. The molecule has 0 bridgehead atoms. The number of likely N-dealkylation sites (tertiary alicyclic amines) is 1. The Balaban J connectivity index is 1.80. The van der Waals surface area contributed by atoms with Gasteiger partial charge in [0, 0.05) is 42.6 Å². The quantitative estimate of drug-likeness (QED) is 0.668. The monoisotopic (exact) mass is 412 g/mol. The van der Waals surface area contributed by atoms with E-state index in [0.717, 1.165) is 5.56 Å². The number of rotatable bonds is 4. The number of aromatic nitrogens is 3. The van der Waals surface area contributed by atoms with E-state index in [0.29, 0.717) is 43.2 Å². The summed E-state index contributed by atoms with van der Waals surface area (Å²) in [6, 6.07) is 7.24. The lowest BCUT2D eigenvalue weighted by molar-refractivity contribution is 0.0542. The summed E-state index contributed by atoms with van der Waals surface area (Å²) in [5.74, 6) is -0.237. The van der Waals surface area contributed by atoms with Crippen molar-refractivity contribution in [2.24, 2.45) is 0 Å². The maximum Gasteiger partial charge on any atom is 0.295 e. The Kier molecular flexibility index (Phi) is 5.25. The number of allylic oxidation sites excluding steroid dienone is 1. The van der Waals surface area contributed by atoms with Gasteiger partial charge in [-0.2, -0.15) is 0 Å². The average Bonchev–Trinajstić information content (AvgIpc) is 3.15. The van der Waals surface area contributed by atoms with E-state index in [-0.39, 0.29) is 28.9 Å². The van der Waals surface area contributed by atoms with Gasteiger partial charge in [-0.3, -0.25) is 18.6 Å².